The van der Waals surface area contributed by atoms with Gasteiger partial charge in [-0.3, -0.25) is 0 Å². The van der Waals surface area contributed by atoms with E-state index in [2.05, 4.69) is 28.3 Å². The molecule has 5 heteroatoms. The van der Waals surface area contributed by atoms with Gasteiger partial charge < -0.3 is 15.3 Å². The van der Waals surface area contributed by atoms with Crippen LogP contribution in [0.3, 0.4) is 0 Å². The molecule has 120 valence electrons. The van der Waals surface area contributed by atoms with Crippen LogP contribution in [0.15, 0.2) is 35.9 Å². The minimum absolute atomic E-state index is 0.261. The molecule has 23 heavy (non-hydrogen) atoms. The Morgan fingerprint density at radius 1 is 1.39 bits per heavy atom. The van der Waals surface area contributed by atoms with E-state index in [4.69, 9.17) is 0 Å². The highest BCUT2D eigenvalue weighted by Crippen LogP contribution is 2.26. The lowest BCUT2D eigenvalue weighted by Gasteiger charge is -2.22. The molecule has 0 aliphatic carbocycles. The van der Waals surface area contributed by atoms with Crippen molar-refractivity contribution in [2.24, 2.45) is 0 Å². The van der Waals surface area contributed by atoms with E-state index in [0.29, 0.717) is 12.4 Å². The Bertz CT molecular complexity index is 783. The number of rotatable bonds is 4. The molecule has 1 aliphatic rings. The Hall–Kier alpha value is -2.40. The minimum Gasteiger partial charge on any atom is -0.478 e. The van der Waals surface area contributed by atoms with Crippen LogP contribution in [-0.2, 0) is 0 Å². The Kier molecular flexibility index (Phi) is 4.30. The molecule has 0 amide bonds. The second kappa shape index (κ2) is 6.38. The van der Waals surface area contributed by atoms with E-state index in [1.807, 2.05) is 31.2 Å². The third-order valence-electron chi connectivity index (χ3n) is 4.36. The number of benzene rings is 1. The van der Waals surface area contributed by atoms with Crippen molar-refractivity contribution in [2.45, 2.75) is 13.3 Å². The predicted octanol–water partition coefficient (Wildman–Crippen LogP) is 2.92. The molecule has 2 heterocycles. The van der Waals surface area contributed by atoms with E-state index >= 15 is 0 Å². The van der Waals surface area contributed by atoms with Crippen LogP contribution < -0.4 is 5.32 Å². The summed E-state index contributed by atoms with van der Waals surface area (Å²) in [6.45, 7) is 4.45. The van der Waals surface area contributed by atoms with E-state index < -0.39 is 5.97 Å². The van der Waals surface area contributed by atoms with Crippen LogP contribution in [0.1, 0.15) is 22.3 Å². The van der Waals surface area contributed by atoms with Gasteiger partial charge in [-0.15, -0.1) is 0 Å². The van der Waals surface area contributed by atoms with Crippen molar-refractivity contribution in [3.8, 4) is 0 Å². The van der Waals surface area contributed by atoms with Crippen LogP contribution in [0, 0.1) is 6.92 Å². The summed E-state index contributed by atoms with van der Waals surface area (Å²) in [6, 6.07) is 7.64. The molecule has 0 spiro atoms. The summed E-state index contributed by atoms with van der Waals surface area (Å²) in [5.74, 6) is -0.492. The standard InChI is InChI=1S/C18H21N3O2/c1-12-14-5-3-4-6-15(14)20-17(16(12)18(22)23)19-11-13-7-9-21(2)10-8-13/h3-7H,8-11H2,1-2H3,(H,19,20)(H,22,23). The van der Waals surface area contributed by atoms with Gasteiger partial charge in [-0.1, -0.05) is 29.8 Å². The molecule has 0 unspecified atom stereocenters. The number of carbonyl (C=O) groups is 1. The van der Waals surface area contributed by atoms with E-state index in [0.717, 1.165) is 36.0 Å². The highest BCUT2D eigenvalue weighted by Gasteiger charge is 2.18. The minimum atomic E-state index is -0.944. The first-order valence-electron chi connectivity index (χ1n) is 7.79. The van der Waals surface area contributed by atoms with Crippen molar-refractivity contribution in [1.29, 1.82) is 0 Å². The molecular formula is C18H21N3O2. The first kappa shape index (κ1) is 15.5. The second-order valence-corrected chi connectivity index (χ2v) is 6.01. The number of carboxylic acids is 1. The van der Waals surface area contributed by atoms with Crippen LogP contribution >= 0.6 is 0 Å². The number of para-hydroxylation sites is 1. The number of aryl methyl sites for hydroxylation is 1. The molecule has 2 aromatic rings. The summed E-state index contributed by atoms with van der Waals surface area (Å²) < 4.78 is 0. The van der Waals surface area contributed by atoms with Gasteiger partial charge >= 0.3 is 5.97 Å². The molecule has 1 aromatic heterocycles. The number of hydrogen-bond acceptors (Lipinski definition) is 4. The molecule has 5 nitrogen and oxygen atoms in total. The first-order chi connectivity index (χ1) is 11.1. The van der Waals surface area contributed by atoms with Gasteiger partial charge in [-0.2, -0.15) is 0 Å². The summed E-state index contributed by atoms with van der Waals surface area (Å²) in [5.41, 5.74) is 3.13. The van der Waals surface area contributed by atoms with Crippen molar-refractivity contribution < 1.29 is 9.90 Å². The molecular weight excluding hydrogens is 290 g/mol. The molecule has 1 aliphatic heterocycles. The second-order valence-electron chi connectivity index (χ2n) is 6.01. The van der Waals surface area contributed by atoms with Gasteiger partial charge in [0.2, 0.25) is 0 Å². The van der Waals surface area contributed by atoms with Crippen molar-refractivity contribution in [1.82, 2.24) is 9.88 Å². The Balaban J connectivity index is 1.93. The average Bonchev–Trinajstić information content (AvgIpc) is 2.54. The van der Waals surface area contributed by atoms with E-state index in [1.54, 1.807) is 0 Å². The van der Waals surface area contributed by atoms with Crippen molar-refractivity contribution in [3.63, 3.8) is 0 Å². The van der Waals surface area contributed by atoms with E-state index in [-0.39, 0.29) is 5.56 Å². The summed E-state index contributed by atoms with van der Waals surface area (Å²) in [5, 5.41) is 13.7. The lowest BCUT2D eigenvalue weighted by Crippen LogP contribution is -2.26. The summed E-state index contributed by atoms with van der Waals surface area (Å²) >= 11 is 0. The smallest absolute Gasteiger partial charge is 0.339 e. The maximum absolute atomic E-state index is 11.7. The fraction of sp³-hybridized carbons (Fsp3) is 0.333. The van der Waals surface area contributed by atoms with E-state index in [1.165, 1.54) is 5.57 Å². The van der Waals surface area contributed by atoms with Gasteiger partial charge in [-0.25, -0.2) is 9.78 Å². The zero-order valence-electron chi connectivity index (χ0n) is 13.5. The zero-order valence-corrected chi connectivity index (χ0v) is 13.5. The number of nitrogens with one attached hydrogen (secondary N) is 1. The topological polar surface area (TPSA) is 65.5 Å². The number of carboxylic acid groups (broad SMARTS) is 1. The van der Waals surface area contributed by atoms with Gasteiger partial charge in [0.1, 0.15) is 11.4 Å². The molecule has 0 saturated carbocycles. The van der Waals surface area contributed by atoms with Gasteiger partial charge in [-0.05, 0) is 32.0 Å². The SMILES string of the molecule is Cc1c(C(=O)O)c(NCC2=CCN(C)CC2)nc2ccccc12. The van der Waals surface area contributed by atoms with Crippen LogP contribution in [0.5, 0.6) is 0 Å². The number of nitrogens with zero attached hydrogens (tertiary/aromatic N) is 2. The fourth-order valence-electron chi connectivity index (χ4n) is 2.94. The number of anilines is 1. The van der Waals surface area contributed by atoms with E-state index in [9.17, 15) is 9.90 Å². The zero-order chi connectivity index (χ0) is 16.4. The molecule has 1 aromatic carbocycles. The number of hydrogen-bond donors (Lipinski definition) is 2. The Morgan fingerprint density at radius 3 is 2.87 bits per heavy atom. The van der Waals surface area contributed by atoms with Crippen molar-refractivity contribution in [3.05, 3.63) is 47.0 Å². The van der Waals surface area contributed by atoms with Gasteiger partial charge in [0.05, 0.1) is 5.52 Å². The molecule has 0 radical (unpaired) electrons. The highest BCUT2D eigenvalue weighted by atomic mass is 16.4. The van der Waals surface area contributed by atoms with Crippen LogP contribution in [0.2, 0.25) is 0 Å². The number of likely N-dealkylation sites (N-methyl/N-ethyl adjacent to an activating group) is 1. The maximum Gasteiger partial charge on any atom is 0.339 e. The maximum atomic E-state index is 11.7. The lowest BCUT2D eigenvalue weighted by molar-refractivity contribution is 0.0697. The van der Waals surface area contributed by atoms with Crippen molar-refractivity contribution in [2.75, 3.05) is 32.0 Å². The molecule has 3 rings (SSSR count). The van der Waals surface area contributed by atoms with Crippen molar-refractivity contribution >= 4 is 22.7 Å². The Morgan fingerprint density at radius 2 is 2.17 bits per heavy atom. The molecule has 0 saturated heterocycles. The predicted molar refractivity (Wildman–Crippen MR) is 92.1 cm³/mol. The van der Waals surface area contributed by atoms with Crippen LogP contribution in [0.4, 0.5) is 5.82 Å². The van der Waals surface area contributed by atoms with Crippen LogP contribution in [0.25, 0.3) is 10.9 Å². The number of fused-ring (bicyclic) bond motifs is 1. The van der Waals surface area contributed by atoms with Crippen LogP contribution in [-0.4, -0.2) is 47.6 Å². The number of aromatic nitrogens is 1. The monoisotopic (exact) mass is 311 g/mol. The normalized spacial score (nSPS) is 15.5. The number of aromatic carboxylic acids is 1. The average molecular weight is 311 g/mol. The molecule has 0 atom stereocenters. The largest absolute Gasteiger partial charge is 0.478 e. The van der Waals surface area contributed by atoms with Gasteiger partial charge in [0.15, 0.2) is 0 Å². The third kappa shape index (κ3) is 3.19. The quantitative estimate of drug-likeness (QED) is 0.850. The lowest BCUT2D eigenvalue weighted by atomic mass is 10.0. The Labute approximate surface area is 135 Å². The molecule has 0 fully saturated rings. The summed E-state index contributed by atoms with van der Waals surface area (Å²) in [6.07, 6.45) is 3.20. The number of pyridine rings is 1. The first-order valence-corrected chi connectivity index (χ1v) is 7.79. The highest BCUT2D eigenvalue weighted by molar-refractivity contribution is 6.01. The summed E-state index contributed by atoms with van der Waals surface area (Å²) in [4.78, 5) is 18.5. The fourth-order valence-corrected chi connectivity index (χ4v) is 2.94. The van der Waals surface area contributed by atoms with Gasteiger partial charge in [0, 0.05) is 25.0 Å². The molecule has 2 N–H and O–H groups in total. The summed E-state index contributed by atoms with van der Waals surface area (Å²) in [7, 11) is 2.09. The third-order valence-corrected chi connectivity index (χ3v) is 4.36. The molecule has 0 bridgehead atoms. The van der Waals surface area contributed by atoms with Gasteiger partial charge in [0.25, 0.3) is 0 Å².